The molecule has 1 fully saturated rings. The van der Waals surface area contributed by atoms with Crippen molar-refractivity contribution >= 4 is 16.8 Å². The summed E-state index contributed by atoms with van der Waals surface area (Å²) in [6.07, 6.45) is 1.63. The van der Waals surface area contributed by atoms with Gasteiger partial charge in [-0.25, -0.2) is 0 Å². The predicted octanol–water partition coefficient (Wildman–Crippen LogP) is 3.19. The van der Waals surface area contributed by atoms with E-state index in [1.54, 1.807) is 0 Å². The molecule has 124 valence electrons. The van der Waals surface area contributed by atoms with Gasteiger partial charge in [-0.1, -0.05) is 32.0 Å². The topological polar surface area (TPSA) is 54.3 Å². The van der Waals surface area contributed by atoms with Gasteiger partial charge in [0.15, 0.2) is 0 Å². The number of nitrogens with one attached hydrogen (secondary N) is 1. The third kappa shape index (κ3) is 2.88. The van der Waals surface area contributed by atoms with Crippen LogP contribution in [0.15, 0.2) is 30.3 Å². The molecule has 0 saturated heterocycles. The van der Waals surface area contributed by atoms with E-state index in [1.165, 1.54) is 0 Å². The summed E-state index contributed by atoms with van der Waals surface area (Å²) >= 11 is 0. The fourth-order valence-electron chi connectivity index (χ4n) is 3.53. The number of rotatable bonds is 6. The van der Waals surface area contributed by atoms with Gasteiger partial charge in [0, 0.05) is 29.4 Å². The van der Waals surface area contributed by atoms with Crippen molar-refractivity contribution in [2.24, 2.45) is 11.3 Å². The summed E-state index contributed by atoms with van der Waals surface area (Å²) < 4.78 is 2.04. The summed E-state index contributed by atoms with van der Waals surface area (Å²) in [5.41, 5.74) is 1.67. The standard InChI is InChI=1S/C19H26N2O2/c1-4-21-15-8-6-5-7-14(15)11-16(21)18(23)20-12-19(9-10-19)17(22)13(2)3/h5-8,11,13,17,22H,4,9-10,12H2,1-3H3,(H,20,23). The Morgan fingerprint density at radius 3 is 2.65 bits per heavy atom. The third-order valence-corrected chi connectivity index (χ3v) is 5.11. The highest BCUT2D eigenvalue weighted by molar-refractivity contribution is 5.98. The highest BCUT2D eigenvalue weighted by Gasteiger charge is 2.49. The molecule has 1 aromatic heterocycles. The van der Waals surface area contributed by atoms with Gasteiger partial charge in [0.25, 0.3) is 5.91 Å². The summed E-state index contributed by atoms with van der Waals surface area (Å²) in [6.45, 7) is 7.42. The number of fused-ring (bicyclic) bond motifs is 1. The van der Waals surface area contributed by atoms with Gasteiger partial charge in [0.05, 0.1) is 6.10 Å². The average molecular weight is 314 g/mol. The molecule has 0 spiro atoms. The van der Waals surface area contributed by atoms with Crippen LogP contribution in [0.25, 0.3) is 10.9 Å². The Morgan fingerprint density at radius 1 is 1.35 bits per heavy atom. The summed E-state index contributed by atoms with van der Waals surface area (Å²) in [5.74, 6) is 0.168. The Balaban J connectivity index is 1.77. The molecule has 0 aliphatic heterocycles. The van der Waals surface area contributed by atoms with E-state index < -0.39 is 0 Å². The first-order valence-corrected chi connectivity index (χ1v) is 8.53. The van der Waals surface area contributed by atoms with Crippen molar-refractivity contribution in [3.63, 3.8) is 0 Å². The largest absolute Gasteiger partial charge is 0.392 e. The van der Waals surface area contributed by atoms with E-state index in [1.807, 2.05) is 55.7 Å². The van der Waals surface area contributed by atoms with Crippen LogP contribution in [0.4, 0.5) is 0 Å². The number of aliphatic hydroxyl groups is 1. The molecular formula is C19H26N2O2. The lowest BCUT2D eigenvalue weighted by molar-refractivity contribution is 0.0489. The van der Waals surface area contributed by atoms with E-state index in [2.05, 4.69) is 5.32 Å². The second-order valence-electron chi connectivity index (χ2n) is 7.07. The van der Waals surface area contributed by atoms with Crippen molar-refractivity contribution in [3.05, 3.63) is 36.0 Å². The first-order valence-electron chi connectivity index (χ1n) is 8.53. The molecule has 4 nitrogen and oxygen atoms in total. The first kappa shape index (κ1) is 16.1. The molecule has 0 bridgehead atoms. The SMILES string of the molecule is CCn1c(C(=O)NCC2(C(O)C(C)C)CC2)cc2ccccc21. The van der Waals surface area contributed by atoms with Gasteiger partial charge < -0.3 is 15.0 Å². The minimum absolute atomic E-state index is 0.0507. The van der Waals surface area contributed by atoms with Crippen molar-refractivity contribution in [3.8, 4) is 0 Å². The maximum atomic E-state index is 12.6. The number of para-hydroxylation sites is 1. The normalized spacial score (nSPS) is 17.4. The second kappa shape index (κ2) is 6.00. The van der Waals surface area contributed by atoms with Crippen LogP contribution >= 0.6 is 0 Å². The average Bonchev–Trinajstić information content (AvgIpc) is 3.24. The van der Waals surface area contributed by atoms with E-state index in [-0.39, 0.29) is 23.3 Å². The molecule has 1 amide bonds. The molecule has 1 aliphatic rings. The van der Waals surface area contributed by atoms with E-state index in [9.17, 15) is 9.90 Å². The maximum absolute atomic E-state index is 12.6. The highest BCUT2D eigenvalue weighted by Crippen LogP contribution is 2.50. The maximum Gasteiger partial charge on any atom is 0.267 e. The molecule has 23 heavy (non-hydrogen) atoms. The Kier molecular flexibility index (Phi) is 4.19. The number of amides is 1. The molecule has 1 atom stereocenters. The number of carbonyl (C=O) groups excluding carboxylic acids is 1. The molecule has 1 unspecified atom stereocenters. The minimum Gasteiger partial charge on any atom is -0.392 e. The quantitative estimate of drug-likeness (QED) is 0.860. The highest BCUT2D eigenvalue weighted by atomic mass is 16.3. The number of aliphatic hydroxyl groups excluding tert-OH is 1. The van der Waals surface area contributed by atoms with Gasteiger partial charge in [-0.2, -0.15) is 0 Å². The van der Waals surface area contributed by atoms with Gasteiger partial charge in [-0.05, 0) is 37.8 Å². The molecule has 2 N–H and O–H groups in total. The number of aryl methyl sites for hydroxylation is 1. The van der Waals surface area contributed by atoms with Crippen molar-refractivity contribution in [2.75, 3.05) is 6.54 Å². The number of aromatic nitrogens is 1. The van der Waals surface area contributed by atoms with Crippen LogP contribution in [0.2, 0.25) is 0 Å². The van der Waals surface area contributed by atoms with Gasteiger partial charge in [0.2, 0.25) is 0 Å². The van der Waals surface area contributed by atoms with Crippen LogP contribution in [-0.4, -0.2) is 28.2 Å². The molecule has 0 radical (unpaired) electrons. The Morgan fingerprint density at radius 2 is 2.04 bits per heavy atom. The summed E-state index contributed by atoms with van der Waals surface area (Å²) in [7, 11) is 0. The van der Waals surface area contributed by atoms with Gasteiger partial charge in [-0.15, -0.1) is 0 Å². The monoisotopic (exact) mass is 314 g/mol. The van der Waals surface area contributed by atoms with E-state index >= 15 is 0 Å². The lowest BCUT2D eigenvalue weighted by Crippen LogP contribution is -2.39. The molecule has 2 aromatic rings. The van der Waals surface area contributed by atoms with Crippen LogP contribution in [0.5, 0.6) is 0 Å². The van der Waals surface area contributed by atoms with Crippen LogP contribution in [0.3, 0.4) is 0 Å². The van der Waals surface area contributed by atoms with Crippen LogP contribution in [-0.2, 0) is 6.54 Å². The van der Waals surface area contributed by atoms with Gasteiger partial charge in [-0.3, -0.25) is 4.79 Å². The van der Waals surface area contributed by atoms with Crippen molar-refractivity contribution < 1.29 is 9.90 Å². The smallest absolute Gasteiger partial charge is 0.267 e. The molecular weight excluding hydrogens is 288 g/mol. The van der Waals surface area contributed by atoms with Crippen LogP contribution in [0.1, 0.15) is 44.1 Å². The number of nitrogens with zero attached hydrogens (tertiary/aromatic N) is 1. The Bertz CT molecular complexity index is 713. The van der Waals surface area contributed by atoms with Crippen LogP contribution in [0, 0.1) is 11.3 Å². The fraction of sp³-hybridized carbons (Fsp3) is 0.526. The zero-order valence-electron chi connectivity index (χ0n) is 14.2. The van der Waals surface area contributed by atoms with E-state index in [0.29, 0.717) is 12.2 Å². The molecule has 4 heteroatoms. The molecule has 1 saturated carbocycles. The summed E-state index contributed by atoms with van der Waals surface area (Å²) in [5, 5.41) is 14.5. The summed E-state index contributed by atoms with van der Waals surface area (Å²) in [6, 6.07) is 10.0. The minimum atomic E-state index is -0.347. The number of hydrogen-bond acceptors (Lipinski definition) is 2. The van der Waals surface area contributed by atoms with E-state index in [4.69, 9.17) is 0 Å². The van der Waals surface area contributed by atoms with E-state index in [0.717, 1.165) is 30.3 Å². The molecule has 1 heterocycles. The lowest BCUT2D eigenvalue weighted by atomic mass is 9.90. The molecule has 1 aliphatic carbocycles. The molecule has 1 aromatic carbocycles. The third-order valence-electron chi connectivity index (χ3n) is 5.11. The van der Waals surface area contributed by atoms with Crippen molar-refractivity contribution in [1.82, 2.24) is 9.88 Å². The second-order valence-corrected chi connectivity index (χ2v) is 7.07. The van der Waals surface area contributed by atoms with Crippen LogP contribution < -0.4 is 5.32 Å². The Labute approximate surface area is 137 Å². The fourth-order valence-corrected chi connectivity index (χ4v) is 3.53. The number of benzene rings is 1. The van der Waals surface area contributed by atoms with Gasteiger partial charge in [0.1, 0.15) is 5.69 Å². The van der Waals surface area contributed by atoms with Crippen molar-refractivity contribution in [1.29, 1.82) is 0 Å². The zero-order valence-corrected chi connectivity index (χ0v) is 14.2. The number of carbonyl (C=O) groups is 1. The lowest BCUT2D eigenvalue weighted by Gasteiger charge is -2.25. The summed E-state index contributed by atoms with van der Waals surface area (Å²) in [4.78, 5) is 12.6. The van der Waals surface area contributed by atoms with Crippen molar-refractivity contribution in [2.45, 2.75) is 46.3 Å². The zero-order chi connectivity index (χ0) is 16.6. The predicted molar refractivity (Wildman–Crippen MR) is 92.5 cm³/mol. The number of hydrogen-bond donors (Lipinski definition) is 2. The molecule has 3 rings (SSSR count). The van der Waals surface area contributed by atoms with Gasteiger partial charge >= 0.3 is 0 Å². The Hall–Kier alpha value is -1.81. The first-order chi connectivity index (χ1) is 11.0.